The van der Waals surface area contributed by atoms with Crippen LogP contribution >= 0.6 is 0 Å². The van der Waals surface area contributed by atoms with Gasteiger partial charge in [-0.1, -0.05) is 161 Å². The molecule has 3 aliphatic rings. The molecule has 6 atom stereocenters. The van der Waals surface area contributed by atoms with Crippen LogP contribution in [0.25, 0.3) is 21.5 Å². The Morgan fingerprint density at radius 2 is 1.47 bits per heavy atom. The number of allylic oxidation sites excluding steroid dienone is 1. The summed E-state index contributed by atoms with van der Waals surface area (Å²) in [6, 6.07) is 40.5. The largest absolute Gasteiger partial charge is 0.459 e. The van der Waals surface area contributed by atoms with Gasteiger partial charge < -0.3 is 34.2 Å². The lowest BCUT2D eigenvalue weighted by Gasteiger charge is -2.60. The van der Waals surface area contributed by atoms with E-state index in [1.54, 1.807) is 18.2 Å². The number of hydrogen-bond donors (Lipinski definition) is 2. The number of aliphatic hydroxyl groups excluding tert-OH is 2. The number of nitro groups is 1. The van der Waals surface area contributed by atoms with Gasteiger partial charge in [-0.05, 0) is 125 Å². The summed E-state index contributed by atoms with van der Waals surface area (Å²) in [5, 5.41) is 41.3. The first-order chi connectivity index (χ1) is 38.7. The molecule has 6 unspecified atom stereocenters. The number of nitro benzene ring substituents is 1. The van der Waals surface area contributed by atoms with E-state index in [1.807, 2.05) is 47.4 Å². The smallest absolute Gasteiger partial charge is 0.269 e. The van der Waals surface area contributed by atoms with Gasteiger partial charge in [0.1, 0.15) is 29.9 Å². The molecule has 1 amide bonds. The molecule has 2 N–H and O–H groups in total. The second kappa shape index (κ2) is 27.8. The zero-order valence-electron chi connectivity index (χ0n) is 46.0. The van der Waals surface area contributed by atoms with E-state index in [9.17, 15) is 20.3 Å². The van der Waals surface area contributed by atoms with Crippen molar-refractivity contribution in [1.82, 2.24) is 4.90 Å². The molecule has 0 spiro atoms. The number of carbonyl (C=O) groups is 1. The van der Waals surface area contributed by atoms with Crippen LogP contribution in [0.2, 0.25) is 0 Å². The van der Waals surface area contributed by atoms with Gasteiger partial charge in [0.15, 0.2) is 0 Å². The summed E-state index contributed by atoms with van der Waals surface area (Å²) in [4.78, 5) is 35.2. The maximum Gasteiger partial charge on any atom is 0.269 e. The number of benzene rings is 6. The van der Waals surface area contributed by atoms with Gasteiger partial charge in [-0.15, -0.1) is 6.58 Å². The number of nitrogens with zero attached hydrogens (tertiary/aromatic N) is 3. The number of unbranched alkanes of at least 4 members (excludes halogenated alkanes) is 10. The summed E-state index contributed by atoms with van der Waals surface area (Å²) >= 11 is 0. The summed E-state index contributed by atoms with van der Waals surface area (Å²) in [6.45, 7) is 7.03. The summed E-state index contributed by atoms with van der Waals surface area (Å²) in [7, 11) is 0. The third-order valence-corrected chi connectivity index (χ3v) is 16.6. The van der Waals surface area contributed by atoms with Gasteiger partial charge in [-0.3, -0.25) is 14.9 Å². The zero-order chi connectivity index (χ0) is 55.0. The van der Waals surface area contributed by atoms with E-state index >= 15 is 4.79 Å². The molecule has 2 aliphatic carbocycles. The Kier molecular flexibility index (Phi) is 20.0. The number of non-ortho nitro benzene ring substituents is 1. The van der Waals surface area contributed by atoms with Crippen molar-refractivity contribution in [1.29, 1.82) is 0 Å². The summed E-state index contributed by atoms with van der Waals surface area (Å²) in [5.41, 5.74) is 4.27. The molecular formula is C67H79N3O9. The number of rotatable bonds is 30. The van der Waals surface area contributed by atoms with Gasteiger partial charge in [0.25, 0.3) is 5.69 Å². The molecule has 1 heterocycles. The van der Waals surface area contributed by atoms with Crippen LogP contribution < -0.4 is 9.47 Å². The fraction of sp³-hybridized carbons (Fsp3) is 0.433. The molecule has 6 aromatic rings. The van der Waals surface area contributed by atoms with E-state index in [0.717, 1.165) is 95.2 Å². The predicted molar refractivity (Wildman–Crippen MR) is 313 cm³/mol. The van der Waals surface area contributed by atoms with Crippen molar-refractivity contribution in [3.05, 3.63) is 179 Å². The van der Waals surface area contributed by atoms with E-state index in [4.69, 9.17) is 24.2 Å². The topological polar surface area (TPSA) is 153 Å². The van der Waals surface area contributed by atoms with Crippen LogP contribution in [0.15, 0.2) is 157 Å². The second-order valence-corrected chi connectivity index (χ2v) is 21.8. The van der Waals surface area contributed by atoms with Crippen LogP contribution in [0.1, 0.15) is 139 Å². The molecule has 12 heteroatoms. The molecule has 0 saturated heterocycles. The fourth-order valence-corrected chi connectivity index (χ4v) is 12.7. The average molecular weight is 1070 g/mol. The van der Waals surface area contributed by atoms with Gasteiger partial charge in [-0.2, -0.15) is 0 Å². The van der Waals surface area contributed by atoms with Gasteiger partial charge in [0.05, 0.1) is 23.2 Å². The van der Waals surface area contributed by atoms with Crippen molar-refractivity contribution < 1.29 is 39.0 Å². The van der Waals surface area contributed by atoms with Gasteiger partial charge >= 0.3 is 0 Å². The van der Waals surface area contributed by atoms with Crippen molar-refractivity contribution in [3.63, 3.8) is 0 Å². The Morgan fingerprint density at radius 1 is 0.785 bits per heavy atom. The lowest BCUT2D eigenvalue weighted by atomic mass is 9.55. The van der Waals surface area contributed by atoms with Gasteiger partial charge in [0.2, 0.25) is 11.7 Å². The highest BCUT2D eigenvalue weighted by Crippen LogP contribution is 2.62. The standard InChI is InChI=1S/C67H79N3O9/c1-3-5-6-7-8-9-10-11-12-30-64(73)69(46-53-27-21-26-50-23-15-16-28-57(50)53)63-45-61(68-77-47-48-31-34-54(35-32-48)70(74)75)59-43-52(25-17-19-39-71)58(29-18-20-40-72)65-60-44-56(78-55-36-33-49-22-13-14-24-51(49)42-55)37-38-62(60)79-67(63,66(59)65)76-41-4-2/h4,13-16,21-24,26-28,31-38,42-44,52,58,63,65-66,71-72H,2-3,5-12,17-20,25,29-30,39-41,45-47H2,1H3. The maximum absolute atomic E-state index is 15.7. The summed E-state index contributed by atoms with van der Waals surface area (Å²) < 4.78 is 21.8. The number of fused-ring (bicyclic) bond motifs is 4. The van der Waals surface area contributed by atoms with Crippen molar-refractivity contribution >= 4 is 38.9 Å². The minimum Gasteiger partial charge on any atom is -0.459 e. The number of oxime groups is 1. The highest BCUT2D eigenvalue weighted by molar-refractivity contribution is 6.03. The van der Waals surface area contributed by atoms with E-state index in [0.29, 0.717) is 42.2 Å². The predicted octanol–water partition coefficient (Wildman–Crippen LogP) is 15.5. The normalized spacial score (nSPS) is 20.7. The van der Waals surface area contributed by atoms with Gasteiger partial charge in [-0.25, -0.2) is 0 Å². The van der Waals surface area contributed by atoms with Crippen LogP contribution in [0.5, 0.6) is 17.2 Å². The summed E-state index contributed by atoms with van der Waals surface area (Å²) in [6.07, 6.45) is 19.2. The van der Waals surface area contributed by atoms with E-state index < -0.39 is 22.7 Å². The number of hydrogen-bond acceptors (Lipinski definition) is 10. The molecule has 1 aliphatic heterocycles. The first kappa shape index (κ1) is 56.8. The first-order valence-electron chi connectivity index (χ1n) is 29.1. The molecule has 1 saturated carbocycles. The Bertz CT molecular complexity index is 3060. The Hall–Kier alpha value is -6.86. The van der Waals surface area contributed by atoms with Crippen molar-refractivity contribution in [2.75, 3.05) is 19.8 Å². The highest BCUT2D eigenvalue weighted by atomic mass is 16.7. The fourth-order valence-electron chi connectivity index (χ4n) is 12.7. The SMILES string of the molecule is C=CCOC12Oc3ccc(Oc4ccc5ccccc5c4)cc3C3C(CCCCO)C(CCCCO)C=C(C(=NOCc4ccc([N+](=O)[O-])cc4)CC1N(Cc1cccc4ccccc14)C(=O)CCCCCCCCCCC)C32. The summed E-state index contributed by atoms with van der Waals surface area (Å²) in [5.74, 6) is -0.211. The third kappa shape index (κ3) is 13.6. The molecule has 79 heavy (non-hydrogen) atoms. The van der Waals surface area contributed by atoms with E-state index in [1.165, 1.54) is 44.2 Å². The second-order valence-electron chi connectivity index (χ2n) is 21.8. The molecule has 0 bridgehead atoms. The van der Waals surface area contributed by atoms with Gasteiger partial charge in [0, 0.05) is 56.2 Å². The minimum atomic E-state index is -1.46. The van der Waals surface area contributed by atoms with Crippen molar-refractivity contribution in [2.24, 2.45) is 22.9 Å². The Labute approximate surface area is 466 Å². The zero-order valence-corrected chi connectivity index (χ0v) is 46.0. The number of ether oxygens (including phenoxy) is 3. The average Bonchev–Trinajstić information content (AvgIpc) is 3.45. The minimum absolute atomic E-state index is 0.00306. The van der Waals surface area contributed by atoms with Crippen LogP contribution in [0.3, 0.4) is 0 Å². The molecule has 0 radical (unpaired) electrons. The lowest BCUT2D eigenvalue weighted by Crippen LogP contribution is -2.70. The molecule has 0 aromatic heterocycles. The third-order valence-electron chi connectivity index (χ3n) is 16.6. The Balaban J connectivity index is 1.20. The first-order valence-corrected chi connectivity index (χ1v) is 29.1. The molecule has 6 aromatic carbocycles. The van der Waals surface area contributed by atoms with E-state index in [-0.39, 0.29) is 68.7 Å². The molecule has 12 nitrogen and oxygen atoms in total. The Morgan fingerprint density at radius 3 is 2.22 bits per heavy atom. The monoisotopic (exact) mass is 1070 g/mol. The molecule has 416 valence electrons. The lowest BCUT2D eigenvalue weighted by molar-refractivity contribution is -0.384. The van der Waals surface area contributed by atoms with E-state index in [2.05, 4.69) is 80.2 Å². The quantitative estimate of drug-likeness (QED) is 0.0194. The number of amides is 1. The van der Waals surface area contributed by atoms with Crippen molar-refractivity contribution in [3.8, 4) is 17.2 Å². The van der Waals surface area contributed by atoms with Crippen LogP contribution in [0, 0.1) is 27.9 Å². The maximum atomic E-state index is 15.7. The molecule has 1 fully saturated rings. The van der Waals surface area contributed by atoms with Crippen LogP contribution in [-0.4, -0.2) is 63.3 Å². The van der Waals surface area contributed by atoms with Crippen LogP contribution in [-0.2, 0) is 27.5 Å². The van der Waals surface area contributed by atoms with Crippen molar-refractivity contribution in [2.45, 2.75) is 147 Å². The molecule has 9 rings (SSSR count). The number of carbonyl (C=O) groups excluding carboxylic acids is 1. The van der Waals surface area contributed by atoms with Crippen LogP contribution in [0.4, 0.5) is 5.69 Å². The number of aliphatic hydroxyl groups is 2. The molecular weight excluding hydrogens is 991 g/mol. The highest BCUT2D eigenvalue weighted by Gasteiger charge is 2.65.